The van der Waals surface area contributed by atoms with Gasteiger partial charge in [-0.3, -0.25) is 14.2 Å². The van der Waals surface area contributed by atoms with Gasteiger partial charge in [0.05, 0.1) is 12.0 Å². The molecule has 5 nitrogen and oxygen atoms in total. The minimum Gasteiger partial charge on any atom is -0.464 e. The predicted octanol–water partition coefficient (Wildman–Crippen LogP) is 2.53. The van der Waals surface area contributed by atoms with Crippen LogP contribution < -0.4 is 5.56 Å². The maximum absolute atomic E-state index is 12.5. The highest BCUT2D eigenvalue weighted by Crippen LogP contribution is 2.21. The van der Waals surface area contributed by atoms with E-state index in [-0.39, 0.29) is 18.0 Å². The Hall–Kier alpha value is -1.69. The van der Waals surface area contributed by atoms with Crippen LogP contribution in [-0.2, 0) is 22.5 Å². The van der Waals surface area contributed by atoms with Crippen molar-refractivity contribution < 1.29 is 9.53 Å². The van der Waals surface area contributed by atoms with Gasteiger partial charge in [0.25, 0.3) is 5.56 Å². The van der Waals surface area contributed by atoms with Gasteiger partial charge in [-0.15, -0.1) is 11.3 Å². The first-order valence-electron chi connectivity index (χ1n) is 7.07. The van der Waals surface area contributed by atoms with Gasteiger partial charge in [0.2, 0.25) is 0 Å². The largest absolute Gasteiger partial charge is 0.464 e. The van der Waals surface area contributed by atoms with E-state index in [4.69, 9.17) is 4.74 Å². The lowest BCUT2D eigenvalue weighted by molar-refractivity contribution is -0.145. The summed E-state index contributed by atoms with van der Waals surface area (Å²) in [5.41, 5.74) is -0.171. The van der Waals surface area contributed by atoms with E-state index < -0.39 is 5.97 Å². The smallest absolute Gasteiger partial charge is 0.326 e. The molecule has 2 aromatic rings. The highest BCUT2D eigenvalue weighted by atomic mass is 32.1. The Labute approximate surface area is 127 Å². The van der Waals surface area contributed by atoms with Crippen molar-refractivity contribution in [2.24, 2.45) is 5.92 Å². The first-order chi connectivity index (χ1) is 9.92. The molecule has 0 aromatic carbocycles. The van der Waals surface area contributed by atoms with E-state index in [1.165, 1.54) is 15.9 Å². The van der Waals surface area contributed by atoms with Crippen LogP contribution in [0.1, 0.15) is 31.5 Å². The lowest BCUT2D eigenvalue weighted by atomic mass is 10.2. The van der Waals surface area contributed by atoms with Crippen molar-refractivity contribution in [1.82, 2.24) is 9.55 Å². The standard InChI is InChI=1S/C15H20N2O3S/c1-5-11-6-12-14(21-11)16-10(4)17(15(12)19)7-13(18)20-8-9(2)3/h6,9H,5,7-8H2,1-4H3. The maximum Gasteiger partial charge on any atom is 0.326 e. The van der Waals surface area contributed by atoms with Gasteiger partial charge >= 0.3 is 5.97 Å². The molecule has 0 unspecified atom stereocenters. The summed E-state index contributed by atoms with van der Waals surface area (Å²) < 4.78 is 6.52. The number of esters is 1. The molecule has 114 valence electrons. The Morgan fingerprint density at radius 1 is 1.48 bits per heavy atom. The van der Waals surface area contributed by atoms with Crippen LogP contribution in [-0.4, -0.2) is 22.1 Å². The molecule has 0 saturated heterocycles. The van der Waals surface area contributed by atoms with E-state index in [9.17, 15) is 9.59 Å². The number of carbonyl (C=O) groups excluding carboxylic acids is 1. The van der Waals surface area contributed by atoms with Gasteiger partial charge in [0.1, 0.15) is 17.2 Å². The molecule has 21 heavy (non-hydrogen) atoms. The molecule has 0 aliphatic rings. The molecule has 2 rings (SSSR count). The van der Waals surface area contributed by atoms with Gasteiger partial charge < -0.3 is 4.74 Å². The molecule has 0 spiro atoms. The van der Waals surface area contributed by atoms with Crippen molar-refractivity contribution in [2.75, 3.05) is 6.61 Å². The zero-order valence-corrected chi connectivity index (χ0v) is 13.6. The number of rotatable bonds is 5. The topological polar surface area (TPSA) is 61.2 Å². The first kappa shape index (κ1) is 15.7. The summed E-state index contributed by atoms with van der Waals surface area (Å²) in [7, 11) is 0. The number of aryl methyl sites for hydroxylation is 2. The van der Waals surface area contributed by atoms with Crippen molar-refractivity contribution in [3.63, 3.8) is 0 Å². The lowest BCUT2D eigenvalue weighted by Gasteiger charge is -2.10. The van der Waals surface area contributed by atoms with Crippen molar-refractivity contribution in [3.05, 3.63) is 27.1 Å². The third-order valence-electron chi connectivity index (χ3n) is 3.11. The molecule has 0 fully saturated rings. The molecule has 0 atom stereocenters. The Bertz CT molecular complexity index is 716. The summed E-state index contributed by atoms with van der Waals surface area (Å²) in [4.78, 5) is 30.6. The Morgan fingerprint density at radius 2 is 2.19 bits per heavy atom. The van der Waals surface area contributed by atoms with E-state index in [0.717, 1.165) is 16.1 Å². The summed E-state index contributed by atoms with van der Waals surface area (Å²) in [6.45, 7) is 7.99. The number of thiophene rings is 1. The fraction of sp³-hybridized carbons (Fsp3) is 0.533. The lowest BCUT2D eigenvalue weighted by Crippen LogP contribution is -2.28. The van der Waals surface area contributed by atoms with Gasteiger partial charge in [0.15, 0.2) is 0 Å². The number of hydrogen-bond donors (Lipinski definition) is 0. The van der Waals surface area contributed by atoms with Crippen LogP contribution >= 0.6 is 11.3 Å². The predicted molar refractivity (Wildman–Crippen MR) is 83.8 cm³/mol. The number of aromatic nitrogens is 2. The van der Waals surface area contributed by atoms with Crippen LogP contribution in [0.3, 0.4) is 0 Å². The molecule has 0 saturated carbocycles. The van der Waals surface area contributed by atoms with Crippen LogP contribution in [0.4, 0.5) is 0 Å². The van der Waals surface area contributed by atoms with Crippen LogP contribution in [0.25, 0.3) is 10.2 Å². The number of carbonyl (C=O) groups is 1. The minimum absolute atomic E-state index is 0.0857. The molecule has 0 aliphatic heterocycles. The zero-order chi connectivity index (χ0) is 15.6. The van der Waals surface area contributed by atoms with E-state index in [1.807, 2.05) is 26.8 Å². The summed E-state index contributed by atoms with van der Waals surface area (Å²) in [6.07, 6.45) is 0.871. The second-order valence-electron chi connectivity index (χ2n) is 5.41. The highest BCUT2D eigenvalue weighted by Gasteiger charge is 2.14. The van der Waals surface area contributed by atoms with Crippen molar-refractivity contribution in [2.45, 2.75) is 40.7 Å². The van der Waals surface area contributed by atoms with Gasteiger partial charge in [-0.25, -0.2) is 4.98 Å². The summed E-state index contributed by atoms with van der Waals surface area (Å²) in [5, 5.41) is 0.583. The van der Waals surface area contributed by atoms with Gasteiger partial charge in [0, 0.05) is 4.88 Å². The van der Waals surface area contributed by atoms with Crippen LogP contribution in [0.2, 0.25) is 0 Å². The van der Waals surface area contributed by atoms with E-state index in [1.54, 1.807) is 6.92 Å². The van der Waals surface area contributed by atoms with Crippen LogP contribution in [0.5, 0.6) is 0 Å². The molecular formula is C15H20N2O3S. The van der Waals surface area contributed by atoms with Gasteiger partial charge in [-0.1, -0.05) is 20.8 Å². The molecule has 2 heterocycles. The molecule has 0 amide bonds. The van der Waals surface area contributed by atoms with Gasteiger partial charge in [-0.2, -0.15) is 0 Å². The number of hydrogen-bond acceptors (Lipinski definition) is 5. The SMILES string of the molecule is CCc1cc2c(=O)n(CC(=O)OCC(C)C)c(C)nc2s1. The van der Waals surface area contributed by atoms with Crippen LogP contribution in [0, 0.1) is 12.8 Å². The zero-order valence-electron chi connectivity index (χ0n) is 12.8. The fourth-order valence-corrected chi connectivity index (χ4v) is 2.97. The van der Waals surface area contributed by atoms with Gasteiger partial charge in [-0.05, 0) is 25.3 Å². The molecule has 0 aliphatic carbocycles. The number of ether oxygens (including phenoxy) is 1. The molecular weight excluding hydrogens is 288 g/mol. The van der Waals surface area contributed by atoms with Crippen molar-refractivity contribution in [1.29, 1.82) is 0 Å². The third-order valence-corrected chi connectivity index (χ3v) is 4.28. The minimum atomic E-state index is -0.402. The fourth-order valence-electron chi connectivity index (χ4n) is 1.96. The molecule has 2 aromatic heterocycles. The molecule has 0 bridgehead atoms. The molecule has 0 N–H and O–H groups in total. The van der Waals surface area contributed by atoms with Crippen LogP contribution in [0.15, 0.2) is 10.9 Å². The third kappa shape index (κ3) is 3.50. The second-order valence-corrected chi connectivity index (χ2v) is 6.53. The van der Waals surface area contributed by atoms with Crippen molar-refractivity contribution in [3.8, 4) is 0 Å². The van der Waals surface area contributed by atoms with E-state index in [0.29, 0.717) is 17.8 Å². The Kier molecular flexibility index (Phi) is 4.77. The van der Waals surface area contributed by atoms with E-state index in [2.05, 4.69) is 4.98 Å². The second kappa shape index (κ2) is 6.39. The highest BCUT2D eigenvalue weighted by molar-refractivity contribution is 7.18. The monoisotopic (exact) mass is 308 g/mol. The number of fused-ring (bicyclic) bond motifs is 1. The average molecular weight is 308 g/mol. The van der Waals surface area contributed by atoms with E-state index >= 15 is 0 Å². The maximum atomic E-state index is 12.5. The Morgan fingerprint density at radius 3 is 2.81 bits per heavy atom. The molecule has 0 radical (unpaired) electrons. The quantitative estimate of drug-likeness (QED) is 0.796. The Balaban J connectivity index is 2.31. The number of nitrogens with zero attached hydrogens (tertiary/aromatic N) is 2. The normalized spacial score (nSPS) is 11.3. The summed E-state index contributed by atoms with van der Waals surface area (Å²) in [6, 6.07) is 1.87. The first-order valence-corrected chi connectivity index (χ1v) is 7.89. The average Bonchev–Trinajstić information content (AvgIpc) is 2.84. The summed E-state index contributed by atoms with van der Waals surface area (Å²) in [5.74, 6) is 0.413. The van der Waals surface area contributed by atoms with Crippen molar-refractivity contribution >= 4 is 27.5 Å². The molecule has 6 heteroatoms. The summed E-state index contributed by atoms with van der Waals surface area (Å²) >= 11 is 1.53.